The molecule has 1 heterocycles. The lowest BCUT2D eigenvalue weighted by Crippen LogP contribution is -2.08. The predicted octanol–water partition coefficient (Wildman–Crippen LogP) is 3.23. The van der Waals surface area contributed by atoms with Crippen molar-refractivity contribution in [2.75, 3.05) is 18.3 Å². The van der Waals surface area contributed by atoms with Crippen LogP contribution in [0.3, 0.4) is 0 Å². The van der Waals surface area contributed by atoms with Crippen molar-refractivity contribution in [2.45, 2.75) is 0 Å². The lowest BCUT2D eigenvalue weighted by atomic mass is 10.1. The molecule has 0 bridgehead atoms. The Morgan fingerprint density at radius 1 is 1.38 bits per heavy atom. The van der Waals surface area contributed by atoms with E-state index in [1.807, 2.05) is 5.48 Å². The van der Waals surface area contributed by atoms with Crippen molar-refractivity contribution in [3.8, 4) is 11.3 Å². The van der Waals surface area contributed by atoms with Crippen LogP contribution >= 0.6 is 23.2 Å². The van der Waals surface area contributed by atoms with Gasteiger partial charge in [-0.25, -0.2) is 9.78 Å². The van der Waals surface area contributed by atoms with Crippen LogP contribution in [0.4, 0.5) is 11.4 Å². The molecule has 0 aliphatic heterocycles. The number of ether oxygens (including phenoxy) is 1. The van der Waals surface area contributed by atoms with Crippen LogP contribution in [-0.2, 0) is 4.74 Å². The van der Waals surface area contributed by atoms with E-state index in [-0.39, 0.29) is 16.4 Å². The fourth-order valence-electron chi connectivity index (χ4n) is 1.70. The normalized spacial score (nSPS) is 10.3. The Labute approximate surface area is 130 Å². The predicted molar refractivity (Wildman–Crippen MR) is 80.9 cm³/mol. The molecule has 0 saturated carbocycles. The highest BCUT2D eigenvalue weighted by Crippen LogP contribution is 2.31. The van der Waals surface area contributed by atoms with Gasteiger partial charge < -0.3 is 10.5 Å². The number of hydrogen-bond donors (Lipinski definition) is 3. The van der Waals surface area contributed by atoms with E-state index in [1.165, 1.54) is 13.2 Å². The third-order valence-electron chi connectivity index (χ3n) is 2.75. The van der Waals surface area contributed by atoms with Gasteiger partial charge in [-0.3, -0.25) is 10.7 Å². The molecule has 0 aliphatic rings. The maximum atomic E-state index is 11.6. The molecule has 1 aromatic carbocycles. The molecule has 0 unspecified atom stereocenters. The van der Waals surface area contributed by atoms with Gasteiger partial charge in [0.2, 0.25) is 0 Å². The Kier molecular flexibility index (Phi) is 4.52. The van der Waals surface area contributed by atoms with Crippen LogP contribution in [-0.4, -0.2) is 23.3 Å². The van der Waals surface area contributed by atoms with E-state index < -0.39 is 5.97 Å². The molecule has 0 saturated heterocycles. The number of anilines is 2. The maximum Gasteiger partial charge on any atom is 0.358 e. The van der Waals surface area contributed by atoms with Crippen LogP contribution in [0.1, 0.15) is 10.5 Å². The molecule has 21 heavy (non-hydrogen) atoms. The molecule has 0 amide bonds. The molecule has 0 atom stereocenters. The number of carbonyl (C=O) groups excluding carboxylic acids is 1. The molecule has 0 spiro atoms. The fraction of sp³-hybridized carbons (Fsp3) is 0.0769. The maximum absolute atomic E-state index is 11.6. The average molecular weight is 328 g/mol. The van der Waals surface area contributed by atoms with Crippen molar-refractivity contribution in [1.82, 2.24) is 4.98 Å². The van der Waals surface area contributed by atoms with Gasteiger partial charge in [-0.05, 0) is 18.2 Å². The molecule has 110 valence electrons. The van der Waals surface area contributed by atoms with Gasteiger partial charge in [0.15, 0.2) is 5.69 Å². The van der Waals surface area contributed by atoms with Crippen LogP contribution in [0.15, 0.2) is 24.3 Å². The second-order valence-corrected chi connectivity index (χ2v) is 4.84. The molecule has 4 N–H and O–H groups in total. The first-order valence-electron chi connectivity index (χ1n) is 5.72. The quantitative estimate of drug-likeness (QED) is 0.591. The lowest BCUT2D eigenvalue weighted by molar-refractivity contribution is 0.0594. The molecule has 6 nitrogen and oxygen atoms in total. The first kappa shape index (κ1) is 15.4. The monoisotopic (exact) mass is 327 g/mol. The molecule has 0 aliphatic carbocycles. The van der Waals surface area contributed by atoms with E-state index in [9.17, 15) is 4.79 Å². The largest absolute Gasteiger partial charge is 0.464 e. The van der Waals surface area contributed by atoms with Crippen molar-refractivity contribution >= 4 is 40.5 Å². The number of esters is 1. The summed E-state index contributed by atoms with van der Waals surface area (Å²) in [5.41, 5.74) is 9.14. The average Bonchev–Trinajstić information content (AvgIpc) is 2.49. The van der Waals surface area contributed by atoms with Crippen LogP contribution < -0.4 is 11.2 Å². The number of hydrogen-bond acceptors (Lipinski definition) is 6. The van der Waals surface area contributed by atoms with Crippen LogP contribution in [0.25, 0.3) is 11.3 Å². The van der Waals surface area contributed by atoms with Crippen LogP contribution in [0.2, 0.25) is 10.0 Å². The third-order valence-corrected chi connectivity index (χ3v) is 3.47. The molecule has 2 rings (SSSR count). The third kappa shape index (κ3) is 3.02. The highest BCUT2D eigenvalue weighted by atomic mass is 35.5. The SMILES string of the molecule is COC(=O)c1nc(-c2ccc(Cl)c(NO)c2)cc(N)c1Cl. The molecule has 0 fully saturated rings. The minimum Gasteiger partial charge on any atom is -0.464 e. The van der Waals surface area contributed by atoms with E-state index in [4.69, 9.17) is 34.1 Å². The molecule has 0 radical (unpaired) electrons. The van der Waals surface area contributed by atoms with Gasteiger partial charge in [0.1, 0.15) is 0 Å². The number of nitrogen functional groups attached to an aromatic ring is 1. The van der Waals surface area contributed by atoms with Gasteiger partial charge in [0, 0.05) is 5.56 Å². The molecule has 1 aromatic heterocycles. The number of benzene rings is 1. The summed E-state index contributed by atoms with van der Waals surface area (Å²) in [4.78, 5) is 15.8. The van der Waals surface area contributed by atoms with Gasteiger partial charge in [-0.15, -0.1) is 0 Å². The van der Waals surface area contributed by atoms with E-state index in [2.05, 4.69) is 9.72 Å². The molecule has 8 heteroatoms. The number of nitrogens with zero attached hydrogens (tertiary/aromatic N) is 1. The zero-order valence-corrected chi connectivity index (χ0v) is 12.4. The van der Waals surface area contributed by atoms with Crippen molar-refractivity contribution in [3.63, 3.8) is 0 Å². The molecule has 2 aromatic rings. The molecular weight excluding hydrogens is 317 g/mol. The first-order chi connectivity index (χ1) is 9.97. The first-order valence-corrected chi connectivity index (χ1v) is 6.48. The summed E-state index contributed by atoms with van der Waals surface area (Å²) in [6, 6.07) is 6.30. The van der Waals surface area contributed by atoms with Crippen molar-refractivity contribution in [2.24, 2.45) is 0 Å². The summed E-state index contributed by atoms with van der Waals surface area (Å²) in [6.45, 7) is 0. The Morgan fingerprint density at radius 3 is 2.71 bits per heavy atom. The van der Waals surface area contributed by atoms with E-state index in [1.54, 1.807) is 18.2 Å². The number of halogens is 2. The minimum absolute atomic E-state index is 0.0278. The number of pyridine rings is 1. The number of nitrogens with one attached hydrogen (secondary N) is 1. The van der Waals surface area contributed by atoms with Gasteiger partial charge >= 0.3 is 5.97 Å². The topological polar surface area (TPSA) is 97.5 Å². The number of carbonyl (C=O) groups is 1. The standard InChI is InChI=1S/C13H11Cl2N3O3/c1-21-13(19)12-11(15)8(16)5-9(17-12)6-2-3-7(14)10(4-6)18-20/h2-5,18,20H,1H3,(H2,16,17). The van der Waals surface area contributed by atoms with Crippen LogP contribution in [0, 0.1) is 0 Å². The van der Waals surface area contributed by atoms with Crippen molar-refractivity contribution in [3.05, 3.63) is 40.0 Å². The van der Waals surface area contributed by atoms with Gasteiger partial charge in [-0.1, -0.05) is 29.3 Å². The smallest absolute Gasteiger partial charge is 0.358 e. The number of aromatic nitrogens is 1. The van der Waals surface area contributed by atoms with Gasteiger partial charge in [0.25, 0.3) is 0 Å². The number of nitrogens with two attached hydrogens (primary N) is 1. The van der Waals surface area contributed by atoms with E-state index >= 15 is 0 Å². The fourth-order valence-corrected chi connectivity index (χ4v) is 2.03. The van der Waals surface area contributed by atoms with E-state index in [0.717, 1.165) is 0 Å². The Hall–Kier alpha value is -2.02. The lowest BCUT2D eigenvalue weighted by Gasteiger charge is -2.10. The zero-order valence-electron chi connectivity index (χ0n) is 10.9. The Balaban J connectivity index is 2.59. The highest BCUT2D eigenvalue weighted by Gasteiger charge is 2.17. The minimum atomic E-state index is -0.692. The Morgan fingerprint density at radius 2 is 2.10 bits per heavy atom. The molecular formula is C13H11Cl2N3O3. The van der Waals surface area contributed by atoms with Crippen molar-refractivity contribution < 1.29 is 14.7 Å². The van der Waals surface area contributed by atoms with Crippen molar-refractivity contribution in [1.29, 1.82) is 0 Å². The summed E-state index contributed by atoms with van der Waals surface area (Å²) in [5.74, 6) is -0.692. The highest BCUT2D eigenvalue weighted by molar-refractivity contribution is 6.35. The number of rotatable bonds is 3. The zero-order chi connectivity index (χ0) is 15.6. The van der Waals surface area contributed by atoms with Gasteiger partial charge in [-0.2, -0.15) is 0 Å². The van der Waals surface area contributed by atoms with Crippen LogP contribution in [0.5, 0.6) is 0 Å². The number of methoxy groups -OCH3 is 1. The Bertz CT molecular complexity index is 707. The second kappa shape index (κ2) is 6.17. The summed E-state index contributed by atoms with van der Waals surface area (Å²) in [7, 11) is 1.22. The van der Waals surface area contributed by atoms with Gasteiger partial charge in [0.05, 0.1) is 34.2 Å². The van der Waals surface area contributed by atoms with E-state index in [0.29, 0.717) is 22.0 Å². The second-order valence-electron chi connectivity index (χ2n) is 4.06. The summed E-state index contributed by atoms with van der Waals surface area (Å²) in [5, 5.41) is 9.35. The summed E-state index contributed by atoms with van der Waals surface area (Å²) < 4.78 is 4.61. The summed E-state index contributed by atoms with van der Waals surface area (Å²) in [6.07, 6.45) is 0. The summed E-state index contributed by atoms with van der Waals surface area (Å²) >= 11 is 11.8.